The van der Waals surface area contributed by atoms with Gasteiger partial charge in [0.15, 0.2) is 5.78 Å². The molecule has 2 fully saturated rings. The monoisotopic (exact) mass is 484 g/mol. The van der Waals surface area contributed by atoms with E-state index >= 15 is 0 Å². The van der Waals surface area contributed by atoms with E-state index in [0.29, 0.717) is 43.9 Å². The molecule has 1 saturated heterocycles. The van der Waals surface area contributed by atoms with Gasteiger partial charge in [-0.3, -0.25) is 14.6 Å². The van der Waals surface area contributed by atoms with Crippen LogP contribution < -0.4 is 4.74 Å². The van der Waals surface area contributed by atoms with Crippen LogP contribution >= 0.6 is 0 Å². The summed E-state index contributed by atoms with van der Waals surface area (Å²) in [6.07, 6.45) is 5.61. The van der Waals surface area contributed by atoms with Crippen LogP contribution in [-0.2, 0) is 14.3 Å². The van der Waals surface area contributed by atoms with E-state index in [0.717, 1.165) is 12.8 Å². The molecule has 1 unspecified atom stereocenters. The lowest BCUT2D eigenvalue weighted by atomic mass is 9.74. The fourth-order valence-corrected chi connectivity index (χ4v) is 4.74. The lowest BCUT2D eigenvalue weighted by molar-refractivity contribution is -0.146. The van der Waals surface area contributed by atoms with Crippen molar-refractivity contribution in [3.63, 3.8) is 0 Å². The summed E-state index contributed by atoms with van der Waals surface area (Å²) in [7, 11) is 1.29. The van der Waals surface area contributed by atoms with E-state index in [-0.39, 0.29) is 30.0 Å². The molecular weight excluding hydrogens is 455 g/mol. The number of Topliss-reactive ketones (excluding diaryl/α,β-unsaturated/α-hetero) is 1. The Hall–Kier alpha value is -3.33. The van der Waals surface area contributed by atoms with Crippen LogP contribution in [0.1, 0.15) is 46.4 Å². The summed E-state index contributed by atoms with van der Waals surface area (Å²) in [5.41, 5.74) is 0.715. The maximum Gasteiger partial charge on any atom is 0.339 e. The largest absolute Gasteiger partial charge is 0.489 e. The van der Waals surface area contributed by atoms with Crippen LogP contribution in [0.5, 0.6) is 5.75 Å². The number of hydrogen-bond donors (Lipinski definition) is 0. The predicted molar refractivity (Wildman–Crippen MR) is 124 cm³/mol. The number of ketones is 1. The Kier molecular flexibility index (Phi) is 8.07. The summed E-state index contributed by atoms with van der Waals surface area (Å²) in [5, 5.41) is 0. The first-order valence-electron chi connectivity index (χ1n) is 11.8. The van der Waals surface area contributed by atoms with E-state index in [4.69, 9.17) is 14.2 Å². The topological polar surface area (TPSA) is 95.0 Å². The van der Waals surface area contributed by atoms with Crippen molar-refractivity contribution in [3.05, 3.63) is 59.7 Å². The van der Waals surface area contributed by atoms with Gasteiger partial charge in [0, 0.05) is 30.1 Å². The molecular formula is C26H29FN2O6. The summed E-state index contributed by atoms with van der Waals surface area (Å²) in [6, 6.07) is 7.06. The third kappa shape index (κ3) is 6.03. The zero-order valence-electron chi connectivity index (χ0n) is 19.7. The van der Waals surface area contributed by atoms with E-state index in [1.54, 1.807) is 4.90 Å². The number of amides is 1. The Balaban J connectivity index is 1.38. The average molecular weight is 485 g/mol. The number of hydrogen-bond acceptors (Lipinski definition) is 7. The number of esters is 1. The second kappa shape index (κ2) is 11.4. The Bertz CT molecular complexity index is 1060. The third-order valence-corrected chi connectivity index (χ3v) is 6.57. The molecule has 9 heteroatoms. The Morgan fingerprint density at radius 2 is 1.83 bits per heavy atom. The van der Waals surface area contributed by atoms with Crippen LogP contribution in [0, 0.1) is 17.7 Å². The number of methoxy groups -OCH3 is 1. The number of rotatable bonds is 7. The second-order valence-electron chi connectivity index (χ2n) is 8.86. The fraction of sp³-hybridized carbons (Fsp3) is 0.462. The molecule has 186 valence electrons. The molecule has 1 amide bonds. The molecule has 1 aromatic carbocycles. The van der Waals surface area contributed by atoms with Crippen LogP contribution in [0.4, 0.5) is 4.39 Å². The average Bonchev–Trinajstić information content (AvgIpc) is 2.91. The van der Waals surface area contributed by atoms with Gasteiger partial charge in [-0.25, -0.2) is 9.18 Å². The second-order valence-corrected chi connectivity index (χ2v) is 8.86. The molecule has 2 aliphatic rings. The highest BCUT2D eigenvalue weighted by atomic mass is 19.1. The van der Waals surface area contributed by atoms with Gasteiger partial charge in [0.2, 0.25) is 5.91 Å². The molecule has 3 atom stereocenters. The molecule has 35 heavy (non-hydrogen) atoms. The van der Waals surface area contributed by atoms with Crippen molar-refractivity contribution in [2.24, 2.45) is 11.8 Å². The van der Waals surface area contributed by atoms with Crippen molar-refractivity contribution in [2.45, 2.75) is 31.8 Å². The van der Waals surface area contributed by atoms with E-state index in [1.807, 2.05) is 0 Å². The Morgan fingerprint density at radius 3 is 2.57 bits per heavy atom. The maximum absolute atomic E-state index is 13.5. The quantitative estimate of drug-likeness (QED) is 0.440. The smallest absolute Gasteiger partial charge is 0.339 e. The van der Waals surface area contributed by atoms with Crippen LogP contribution in [0.2, 0.25) is 0 Å². The number of pyridine rings is 1. The maximum atomic E-state index is 13.5. The standard InChI is InChI=1S/C26H29FN2O6/c1-33-26(32)18-12-20(14-28-13-18)35-16-21-15-29(10-11-34-21)25(31)23-5-3-2-4-22(23)24(30)17-6-8-19(27)9-7-17/h6-9,12-14,21-23H,2-5,10-11,15-16H2,1H3/t21?,22-,23-/m1/s1. The molecule has 1 aliphatic heterocycles. The van der Waals surface area contributed by atoms with Gasteiger partial charge in [-0.05, 0) is 43.2 Å². The van der Waals surface area contributed by atoms with Gasteiger partial charge in [0.25, 0.3) is 0 Å². The van der Waals surface area contributed by atoms with Gasteiger partial charge in [0.05, 0.1) is 32.0 Å². The van der Waals surface area contributed by atoms with Gasteiger partial charge >= 0.3 is 5.97 Å². The number of morpholine rings is 1. The molecule has 0 bridgehead atoms. The van der Waals surface area contributed by atoms with Crippen molar-refractivity contribution in [3.8, 4) is 5.75 Å². The molecule has 0 radical (unpaired) electrons. The minimum Gasteiger partial charge on any atom is -0.489 e. The number of carbonyl (C=O) groups is 3. The van der Waals surface area contributed by atoms with Crippen molar-refractivity contribution < 1.29 is 33.0 Å². The van der Waals surface area contributed by atoms with E-state index < -0.39 is 23.6 Å². The number of halogens is 1. The number of ether oxygens (including phenoxy) is 3. The van der Waals surface area contributed by atoms with E-state index in [1.165, 1.54) is 49.8 Å². The highest BCUT2D eigenvalue weighted by Crippen LogP contribution is 2.34. The molecule has 2 aromatic rings. The fourth-order valence-electron chi connectivity index (χ4n) is 4.74. The highest BCUT2D eigenvalue weighted by molar-refractivity contribution is 6.00. The van der Waals surface area contributed by atoms with Crippen LogP contribution in [0.3, 0.4) is 0 Å². The van der Waals surface area contributed by atoms with Gasteiger partial charge in [-0.1, -0.05) is 12.8 Å². The first-order valence-corrected chi connectivity index (χ1v) is 11.8. The molecule has 4 rings (SSSR count). The van der Waals surface area contributed by atoms with Crippen LogP contribution in [0.15, 0.2) is 42.7 Å². The molecule has 1 saturated carbocycles. The Labute approximate surface area is 203 Å². The lowest BCUT2D eigenvalue weighted by Gasteiger charge is -2.38. The molecule has 0 spiro atoms. The number of aromatic nitrogens is 1. The molecule has 1 aromatic heterocycles. The first kappa shape index (κ1) is 24.8. The van der Waals surface area contributed by atoms with Gasteiger partial charge in [-0.15, -0.1) is 0 Å². The van der Waals surface area contributed by atoms with Gasteiger partial charge in [-0.2, -0.15) is 0 Å². The summed E-state index contributed by atoms with van der Waals surface area (Å²) in [5.74, 6) is -1.47. The minimum absolute atomic E-state index is 0.0483. The molecule has 2 heterocycles. The van der Waals surface area contributed by atoms with E-state index in [9.17, 15) is 18.8 Å². The summed E-state index contributed by atoms with van der Waals surface area (Å²) in [4.78, 5) is 44.1. The van der Waals surface area contributed by atoms with Crippen LogP contribution in [-0.4, -0.2) is 67.1 Å². The van der Waals surface area contributed by atoms with Crippen LogP contribution in [0.25, 0.3) is 0 Å². The van der Waals surface area contributed by atoms with Crippen molar-refractivity contribution in [2.75, 3.05) is 33.4 Å². The first-order chi connectivity index (χ1) is 17.0. The number of carbonyl (C=O) groups excluding carboxylic acids is 3. The van der Waals surface area contributed by atoms with Crippen molar-refractivity contribution >= 4 is 17.7 Å². The van der Waals surface area contributed by atoms with Gasteiger partial charge < -0.3 is 19.1 Å². The Morgan fingerprint density at radius 1 is 1.09 bits per heavy atom. The lowest BCUT2D eigenvalue weighted by Crippen LogP contribution is -2.51. The predicted octanol–water partition coefficient (Wildman–Crippen LogP) is 3.30. The normalized spacial score (nSPS) is 22.3. The number of nitrogens with zero attached hydrogens (tertiary/aromatic N) is 2. The summed E-state index contributed by atoms with van der Waals surface area (Å²) >= 11 is 0. The highest BCUT2D eigenvalue weighted by Gasteiger charge is 2.39. The SMILES string of the molecule is COC(=O)c1cncc(OCC2CN(C(=O)[C@@H]3CCCC[C@H]3C(=O)c3ccc(F)cc3)CCO2)c1. The zero-order chi connectivity index (χ0) is 24.8. The molecule has 0 N–H and O–H groups in total. The van der Waals surface area contributed by atoms with E-state index in [2.05, 4.69) is 4.98 Å². The third-order valence-electron chi connectivity index (χ3n) is 6.57. The minimum atomic E-state index is -0.508. The molecule has 8 nitrogen and oxygen atoms in total. The summed E-state index contributed by atoms with van der Waals surface area (Å²) in [6.45, 7) is 1.34. The number of benzene rings is 1. The summed E-state index contributed by atoms with van der Waals surface area (Å²) < 4.78 is 29.6. The van der Waals surface area contributed by atoms with Crippen molar-refractivity contribution in [1.29, 1.82) is 0 Å². The zero-order valence-corrected chi connectivity index (χ0v) is 19.7. The van der Waals surface area contributed by atoms with Crippen molar-refractivity contribution in [1.82, 2.24) is 9.88 Å². The van der Waals surface area contributed by atoms with Gasteiger partial charge in [0.1, 0.15) is 24.3 Å². The molecule has 1 aliphatic carbocycles.